The molecule has 0 N–H and O–H groups in total. The van der Waals surface area contributed by atoms with Gasteiger partial charge in [0, 0.05) is 29.9 Å². The van der Waals surface area contributed by atoms with Crippen LogP contribution in [0.2, 0.25) is 0 Å². The summed E-state index contributed by atoms with van der Waals surface area (Å²) < 4.78 is 1.66. The Hall–Kier alpha value is -2.50. The Balaban J connectivity index is 2.54. The van der Waals surface area contributed by atoms with Gasteiger partial charge in [0.05, 0.1) is 10.5 Å². The number of rotatable bonds is 4. The van der Waals surface area contributed by atoms with E-state index in [0.717, 1.165) is 0 Å². The average Bonchev–Trinajstić information content (AvgIpc) is 2.83. The highest BCUT2D eigenvalue weighted by atomic mass is 16.6. The minimum Gasteiger partial charge on any atom is -0.298 e. The molecule has 1 aromatic carbocycles. The average molecular weight is 259 g/mol. The summed E-state index contributed by atoms with van der Waals surface area (Å²) in [5.74, 6) is 0. The van der Waals surface area contributed by atoms with Crippen molar-refractivity contribution < 1.29 is 9.72 Å². The molecule has 0 atom stereocenters. The van der Waals surface area contributed by atoms with Crippen LogP contribution in [-0.4, -0.2) is 21.0 Å². The zero-order chi connectivity index (χ0) is 14.0. The number of carbonyl (C=O) groups excluding carboxylic acids is 1. The first-order chi connectivity index (χ1) is 9.02. The maximum absolute atomic E-state index is 11.1. The lowest BCUT2D eigenvalue weighted by atomic mass is 10.1. The van der Waals surface area contributed by atoms with Crippen LogP contribution in [-0.2, 0) is 0 Å². The standard InChI is InChI=1S/C13H13N3O3/c1-9(2)15-7-11(8-17)13(14-15)10-4-3-5-12(6-10)16(18)19/h3-9H,1-2H3. The molecule has 0 aliphatic carbocycles. The molecule has 0 bridgehead atoms. The predicted molar refractivity (Wildman–Crippen MR) is 70.1 cm³/mol. The second-order valence-corrected chi connectivity index (χ2v) is 4.43. The first-order valence-corrected chi connectivity index (χ1v) is 5.82. The first kappa shape index (κ1) is 12.9. The third kappa shape index (κ3) is 2.52. The quantitative estimate of drug-likeness (QED) is 0.480. The Labute approximate surface area is 109 Å². The zero-order valence-electron chi connectivity index (χ0n) is 10.6. The third-order valence-electron chi connectivity index (χ3n) is 2.75. The normalized spacial score (nSPS) is 10.7. The summed E-state index contributed by atoms with van der Waals surface area (Å²) in [5, 5.41) is 15.1. The Bertz CT molecular complexity index is 632. The number of nitro groups is 1. The summed E-state index contributed by atoms with van der Waals surface area (Å²) in [6, 6.07) is 6.22. The molecule has 0 fully saturated rings. The molecule has 1 heterocycles. The van der Waals surface area contributed by atoms with Gasteiger partial charge in [-0.3, -0.25) is 19.6 Å². The number of nitrogens with zero attached hydrogens (tertiary/aromatic N) is 3. The molecule has 2 aromatic rings. The van der Waals surface area contributed by atoms with Crippen LogP contribution in [0.5, 0.6) is 0 Å². The summed E-state index contributed by atoms with van der Waals surface area (Å²) in [7, 11) is 0. The van der Waals surface area contributed by atoms with Crippen LogP contribution in [0.1, 0.15) is 30.2 Å². The molecule has 0 aliphatic rings. The molecule has 98 valence electrons. The molecule has 0 spiro atoms. The lowest BCUT2D eigenvalue weighted by molar-refractivity contribution is -0.384. The summed E-state index contributed by atoms with van der Waals surface area (Å²) in [5.41, 5.74) is 1.44. The highest BCUT2D eigenvalue weighted by molar-refractivity contribution is 5.85. The van der Waals surface area contributed by atoms with Crippen LogP contribution in [0.4, 0.5) is 5.69 Å². The second-order valence-electron chi connectivity index (χ2n) is 4.43. The van der Waals surface area contributed by atoms with Crippen LogP contribution < -0.4 is 0 Å². The van der Waals surface area contributed by atoms with Crippen LogP contribution >= 0.6 is 0 Å². The topological polar surface area (TPSA) is 78.0 Å². The Kier molecular flexibility index (Phi) is 3.41. The molecular formula is C13H13N3O3. The predicted octanol–water partition coefficient (Wildman–Crippen LogP) is 2.85. The van der Waals surface area contributed by atoms with Gasteiger partial charge in [-0.05, 0) is 13.8 Å². The molecule has 6 heteroatoms. The van der Waals surface area contributed by atoms with E-state index in [1.807, 2.05) is 13.8 Å². The Morgan fingerprint density at radius 2 is 2.16 bits per heavy atom. The van der Waals surface area contributed by atoms with Gasteiger partial charge in [0.2, 0.25) is 0 Å². The fourth-order valence-corrected chi connectivity index (χ4v) is 1.75. The molecule has 6 nitrogen and oxygen atoms in total. The summed E-state index contributed by atoms with van der Waals surface area (Å²) in [6.45, 7) is 3.89. The van der Waals surface area contributed by atoms with E-state index in [4.69, 9.17) is 0 Å². The maximum atomic E-state index is 11.1. The number of aldehydes is 1. The monoisotopic (exact) mass is 259 g/mol. The van der Waals surface area contributed by atoms with E-state index in [0.29, 0.717) is 23.1 Å². The van der Waals surface area contributed by atoms with Crippen molar-refractivity contribution in [2.75, 3.05) is 0 Å². The van der Waals surface area contributed by atoms with E-state index < -0.39 is 4.92 Å². The number of nitro benzene ring substituents is 1. The van der Waals surface area contributed by atoms with Crippen molar-refractivity contribution in [1.29, 1.82) is 0 Å². The number of hydrogen-bond donors (Lipinski definition) is 0. The second kappa shape index (κ2) is 5.01. The van der Waals surface area contributed by atoms with E-state index in [1.54, 1.807) is 23.0 Å². The fraction of sp³-hybridized carbons (Fsp3) is 0.231. The van der Waals surface area contributed by atoms with Gasteiger partial charge in [-0.1, -0.05) is 12.1 Å². The van der Waals surface area contributed by atoms with Gasteiger partial charge in [0.1, 0.15) is 5.69 Å². The summed E-state index contributed by atoms with van der Waals surface area (Å²) in [6.07, 6.45) is 2.35. The van der Waals surface area contributed by atoms with Crippen molar-refractivity contribution in [3.63, 3.8) is 0 Å². The number of hydrogen-bond acceptors (Lipinski definition) is 4. The minimum absolute atomic E-state index is 0.0200. The van der Waals surface area contributed by atoms with Crippen LogP contribution in [0, 0.1) is 10.1 Å². The van der Waals surface area contributed by atoms with E-state index in [-0.39, 0.29) is 11.7 Å². The summed E-state index contributed by atoms with van der Waals surface area (Å²) >= 11 is 0. The van der Waals surface area contributed by atoms with Crippen molar-refractivity contribution >= 4 is 12.0 Å². The van der Waals surface area contributed by atoms with Gasteiger partial charge in [0.15, 0.2) is 6.29 Å². The fourth-order valence-electron chi connectivity index (χ4n) is 1.75. The van der Waals surface area contributed by atoms with Crippen molar-refractivity contribution in [2.45, 2.75) is 19.9 Å². The molecule has 0 aliphatic heterocycles. The maximum Gasteiger partial charge on any atom is 0.270 e. The lowest BCUT2D eigenvalue weighted by Gasteiger charge is -2.03. The molecule has 0 saturated heterocycles. The van der Waals surface area contributed by atoms with E-state index >= 15 is 0 Å². The molecule has 1 aromatic heterocycles. The van der Waals surface area contributed by atoms with E-state index in [1.165, 1.54) is 12.1 Å². The van der Waals surface area contributed by atoms with Crippen LogP contribution in [0.15, 0.2) is 30.5 Å². The number of benzene rings is 1. The van der Waals surface area contributed by atoms with Gasteiger partial charge in [-0.15, -0.1) is 0 Å². The van der Waals surface area contributed by atoms with Crippen molar-refractivity contribution in [2.24, 2.45) is 0 Å². The molecule has 0 saturated carbocycles. The minimum atomic E-state index is -0.469. The first-order valence-electron chi connectivity index (χ1n) is 5.82. The molecular weight excluding hydrogens is 246 g/mol. The number of carbonyl (C=O) groups is 1. The van der Waals surface area contributed by atoms with Gasteiger partial charge in [-0.2, -0.15) is 5.10 Å². The highest BCUT2D eigenvalue weighted by Gasteiger charge is 2.14. The SMILES string of the molecule is CC(C)n1cc(C=O)c(-c2cccc([N+](=O)[O-])c2)n1. The zero-order valence-corrected chi connectivity index (χ0v) is 10.6. The van der Waals surface area contributed by atoms with Crippen molar-refractivity contribution in [3.8, 4) is 11.3 Å². The third-order valence-corrected chi connectivity index (χ3v) is 2.75. The van der Waals surface area contributed by atoms with E-state index in [9.17, 15) is 14.9 Å². The smallest absolute Gasteiger partial charge is 0.270 e. The number of aromatic nitrogens is 2. The molecule has 2 rings (SSSR count). The number of non-ortho nitro benzene ring substituents is 1. The van der Waals surface area contributed by atoms with Crippen molar-refractivity contribution in [3.05, 3.63) is 46.1 Å². The van der Waals surface area contributed by atoms with E-state index in [2.05, 4.69) is 5.10 Å². The van der Waals surface area contributed by atoms with Crippen LogP contribution in [0.3, 0.4) is 0 Å². The largest absolute Gasteiger partial charge is 0.298 e. The van der Waals surface area contributed by atoms with Crippen LogP contribution in [0.25, 0.3) is 11.3 Å². The van der Waals surface area contributed by atoms with Gasteiger partial charge < -0.3 is 0 Å². The Morgan fingerprint density at radius 1 is 1.42 bits per heavy atom. The Morgan fingerprint density at radius 3 is 2.74 bits per heavy atom. The molecule has 0 radical (unpaired) electrons. The summed E-state index contributed by atoms with van der Waals surface area (Å²) in [4.78, 5) is 21.4. The molecule has 19 heavy (non-hydrogen) atoms. The van der Waals surface area contributed by atoms with Gasteiger partial charge in [0.25, 0.3) is 5.69 Å². The van der Waals surface area contributed by atoms with Gasteiger partial charge >= 0.3 is 0 Å². The highest BCUT2D eigenvalue weighted by Crippen LogP contribution is 2.25. The van der Waals surface area contributed by atoms with Gasteiger partial charge in [-0.25, -0.2) is 0 Å². The molecule has 0 amide bonds. The molecule has 0 unspecified atom stereocenters. The lowest BCUT2D eigenvalue weighted by Crippen LogP contribution is -2.00. The van der Waals surface area contributed by atoms with Crippen molar-refractivity contribution in [1.82, 2.24) is 9.78 Å².